The van der Waals surface area contributed by atoms with Crippen molar-refractivity contribution in [3.8, 4) is 0 Å². The van der Waals surface area contributed by atoms with Gasteiger partial charge in [0.1, 0.15) is 0 Å². The molecule has 0 heterocycles. The summed E-state index contributed by atoms with van der Waals surface area (Å²) in [6.07, 6.45) is 0. The molecular formula is C14H21NO. The van der Waals surface area contributed by atoms with E-state index in [1.807, 2.05) is 20.8 Å². The van der Waals surface area contributed by atoms with Crippen LogP contribution in [0.2, 0.25) is 0 Å². The van der Waals surface area contributed by atoms with Crippen LogP contribution in [0, 0.1) is 19.8 Å². The minimum atomic E-state index is 0.0354. The molecule has 0 aliphatic carbocycles. The van der Waals surface area contributed by atoms with Crippen molar-refractivity contribution >= 4 is 5.91 Å². The fourth-order valence-electron chi connectivity index (χ4n) is 1.77. The summed E-state index contributed by atoms with van der Waals surface area (Å²) in [6, 6.07) is 6.40. The number of amides is 1. The minimum Gasteiger partial charge on any atom is -0.349 e. The Morgan fingerprint density at radius 2 is 1.81 bits per heavy atom. The lowest BCUT2D eigenvalue weighted by Gasteiger charge is -2.18. The fourth-order valence-corrected chi connectivity index (χ4v) is 1.77. The van der Waals surface area contributed by atoms with E-state index < -0.39 is 0 Å². The van der Waals surface area contributed by atoms with E-state index in [0.29, 0.717) is 0 Å². The third kappa shape index (κ3) is 3.09. The number of nitrogens with one attached hydrogen (secondary N) is 1. The number of carbonyl (C=O) groups excluding carboxylic acids is 1. The molecule has 0 spiro atoms. The molecule has 1 rings (SSSR count). The van der Waals surface area contributed by atoms with Gasteiger partial charge in [-0.1, -0.05) is 37.6 Å². The van der Waals surface area contributed by atoms with Gasteiger partial charge in [-0.15, -0.1) is 0 Å². The second kappa shape index (κ2) is 5.15. The van der Waals surface area contributed by atoms with Gasteiger partial charge in [0.25, 0.3) is 0 Å². The van der Waals surface area contributed by atoms with Gasteiger partial charge in [0.05, 0.1) is 6.04 Å². The van der Waals surface area contributed by atoms with E-state index in [2.05, 4.69) is 37.4 Å². The monoisotopic (exact) mass is 219 g/mol. The smallest absolute Gasteiger partial charge is 0.223 e. The Bertz CT molecular complexity index is 382. The van der Waals surface area contributed by atoms with Crippen molar-refractivity contribution in [3.05, 3.63) is 34.9 Å². The molecule has 1 atom stereocenters. The molecule has 2 nitrogen and oxygen atoms in total. The molecule has 0 saturated carbocycles. The Labute approximate surface area is 98.1 Å². The van der Waals surface area contributed by atoms with Crippen molar-refractivity contribution in [3.63, 3.8) is 0 Å². The first kappa shape index (κ1) is 12.8. The normalized spacial score (nSPS) is 12.6. The molecule has 0 aliphatic heterocycles. The van der Waals surface area contributed by atoms with E-state index in [-0.39, 0.29) is 17.9 Å². The summed E-state index contributed by atoms with van der Waals surface area (Å²) in [5.41, 5.74) is 3.68. The molecule has 88 valence electrons. The first-order chi connectivity index (χ1) is 7.41. The molecule has 0 aliphatic rings. The predicted octanol–water partition coefficient (Wildman–Crippen LogP) is 3.14. The maximum Gasteiger partial charge on any atom is 0.223 e. The number of carbonyl (C=O) groups is 1. The van der Waals surface area contributed by atoms with E-state index >= 15 is 0 Å². The van der Waals surface area contributed by atoms with Crippen molar-refractivity contribution in [2.45, 2.75) is 40.7 Å². The van der Waals surface area contributed by atoms with Crippen LogP contribution in [-0.2, 0) is 4.79 Å². The molecule has 1 aromatic rings. The third-order valence-corrected chi connectivity index (χ3v) is 2.77. The lowest BCUT2D eigenvalue weighted by atomic mass is 10.00. The van der Waals surface area contributed by atoms with E-state index in [0.717, 1.165) is 0 Å². The van der Waals surface area contributed by atoms with E-state index in [1.54, 1.807) is 0 Å². The second-order valence-corrected chi connectivity index (χ2v) is 4.75. The highest BCUT2D eigenvalue weighted by atomic mass is 16.1. The summed E-state index contributed by atoms with van der Waals surface area (Å²) < 4.78 is 0. The van der Waals surface area contributed by atoms with Crippen molar-refractivity contribution in [1.82, 2.24) is 5.32 Å². The average molecular weight is 219 g/mol. The molecule has 0 fully saturated rings. The van der Waals surface area contributed by atoms with Gasteiger partial charge in [0, 0.05) is 5.92 Å². The summed E-state index contributed by atoms with van der Waals surface area (Å²) in [4.78, 5) is 11.6. The van der Waals surface area contributed by atoms with Crippen LogP contribution in [0.4, 0.5) is 0 Å². The van der Waals surface area contributed by atoms with Crippen LogP contribution in [0.5, 0.6) is 0 Å². The fraction of sp³-hybridized carbons (Fsp3) is 0.500. The Balaban J connectivity index is 2.80. The van der Waals surface area contributed by atoms with Crippen LogP contribution in [0.3, 0.4) is 0 Å². The zero-order valence-electron chi connectivity index (χ0n) is 10.8. The molecule has 1 aromatic carbocycles. The minimum absolute atomic E-state index is 0.0354. The maximum atomic E-state index is 11.6. The number of hydrogen-bond acceptors (Lipinski definition) is 1. The zero-order valence-corrected chi connectivity index (χ0v) is 10.8. The number of hydrogen-bond donors (Lipinski definition) is 1. The second-order valence-electron chi connectivity index (χ2n) is 4.75. The van der Waals surface area contributed by atoms with Gasteiger partial charge in [-0.2, -0.15) is 0 Å². The van der Waals surface area contributed by atoms with Gasteiger partial charge < -0.3 is 5.32 Å². The van der Waals surface area contributed by atoms with Gasteiger partial charge in [0.2, 0.25) is 5.91 Å². The summed E-state index contributed by atoms with van der Waals surface area (Å²) >= 11 is 0. The molecule has 1 amide bonds. The summed E-state index contributed by atoms with van der Waals surface area (Å²) in [7, 11) is 0. The molecule has 1 N–H and O–H groups in total. The molecule has 0 radical (unpaired) electrons. The quantitative estimate of drug-likeness (QED) is 0.831. The Hall–Kier alpha value is -1.31. The lowest BCUT2D eigenvalue weighted by Crippen LogP contribution is -2.30. The van der Waals surface area contributed by atoms with Crippen LogP contribution in [0.15, 0.2) is 18.2 Å². The SMILES string of the molecule is Cc1ccc([C@@H](C)NC(=O)C(C)C)c(C)c1. The highest BCUT2D eigenvalue weighted by Crippen LogP contribution is 2.18. The number of aryl methyl sites for hydroxylation is 2. The van der Waals surface area contributed by atoms with Gasteiger partial charge in [-0.25, -0.2) is 0 Å². The van der Waals surface area contributed by atoms with Crippen LogP contribution >= 0.6 is 0 Å². The number of rotatable bonds is 3. The molecule has 0 aromatic heterocycles. The van der Waals surface area contributed by atoms with Crippen LogP contribution in [-0.4, -0.2) is 5.91 Å². The molecule has 0 unspecified atom stereocenters. The highest BCUT2D eigenvalue weighted by molar-refractivity contribution is 5.78. The van der Waals surface area contributed by atoms with Crippen LogP contribution in [0.1, 0.15) is 43.5 Å². The first-order valence-corrected chi connectivity index (χ1v) is 5.79. The predicted molar refractivity (Wildman–Crippen MR) is 67.3 cm³/mol. The van der Waals surface area contributed by atoms with Gasteiger partial charge >= 0.3 is 0 Å². The van der Waals surface area contributed by atoms with Gasteiger partial charge in [-0.3, -0.25) is 4.79 Å². The molecule has 2 heteroatoms. The topological polar surface area (TPSA) is 29.1 Å². The molecular weight excluding hydrogens is 198 g/mol. The van der Waals surface area contributed by atoms with Gasteiger partial charge in [-0.05, 0) is 31.9 Å². The Morgan fingerprint density at radius 1 is 1.19 bits per heavy atom. The van der Waals surface area contributed by atoms with E-state index in [9.17, 15) is 4.79 Å². The maximum absolute atomic E-state index is 11.6. The van der Waals surface area contributed by atoms with Crippen molar-refractivity contribution in [1.29, 1.82) is 0 Å². The van der Waals surface area contributed by atoms with Crippen molar-refractivity contribution in [2.75, 3.05) is 0 Å². The summed E-state index contributed by atoms with van der Waals surface area (Å²) in [6.45, 7) is 10.0. The van der Waals surface area contributed by atoms with Gasteiger partial charge in [0.15, 0.2) is 0 Å². The highest BCUT2D eigenvalue weighted by Gasteiger charge is 2.13. The van der Waals surface area contributed by atoms with E-state index in [1.165, 1.54) is 16.7 Å². The van der Waals surface area contributed by atoms with Crippen molar-refractivity contribution in [2.24, 2.45) is 5.92 Å². The molecule has 0 bridgehead atoms. The van der Waals surface area contributed by atoms with Crippen molar-refractivity contribution < 1.29 is 4.79 Å². The Morgan fingerprint density at radius 3 is 2.31 bits per heavy atom. The number of benzene rings is 1. The van der Waals surface area contributed by atoms with Crippen LogP contribution in [0.25, 0.3) is 0 Å². The molecule has 0 saturated heterocycles. The van der Waals surface area contributed by atoms with E-state index in [4.69, 9.17) is 0 Å². The first-order valence-electron chi connectivity index (χ1n) is 5.79. The third-order valence-electron chi connectivity index (χ3n) is 2.77. The zero-order chi connectivity index (χ0) is 12.3. The lowest BCUT2D eigenvalue weighted by molar-refractivity contribution is -0.124. The largest absolute Gasteiger partial charge is 0.349 e. The molecule has 16 heavy (non-hydrogen) atoms. The van der Waals surface area contributed by atoms with Crippen LogP contribution < -0.4 is 5.32 Å². The summed E-state index contributed by atoms with van der Waals surface area (Å²) in [5, 5.41) is 3.02. The Kier molecular flexibility index (Phi) is 4.11. The average Bonchev–Trinajstić information content (AvgIpc) is 2.16. The standard InChI is InChI=1S/C14H21NO/c1-9(2)14(16)15-12(5)13-7-6-10(3)8-11(13)4/h6-9,12H,1-5H3,(H,15,16)/t12-/m1/s1. The summed E-state index contributed by atoms with van der Waals surface area (Å²) in [5.74, 6) is 0.140.